The highest BCUT2D eigenvalue weighted by molar-refractivity contribution is 5.88. The maximum absolute atomic E-state index is 11.3. The average molecular weight is 269 g/mol. The predicted octanol–water partition coefficient (Wildman–Crippen LogP) is 1.22. The van der Waals surface area contributed by atoms with Crippen LogP contribution in [0.25, 0.3) is 0 Å². The molecule has 104 valence electrons. The molecule has 0 aliphatic rings. The van der Waals surface area contributed by atoms with Crippen molar-refractivity contribution in [1.82, 2.24) is 4.98 Å². The molecule has 0 aromatic carbocycles. The smallest absolute Gasteiger partial charge is 0.356 e. The largest absolute Gasteiger partial charge is 0.464 e. The second kappa shape index (κ2) is 7.27. The monoisotopic (exact) mass is 269 g/mol. The molecule has 0 radical (unpaired) electrons. The van der Waals surface area contributed by atoms with Crippen LogP contribution in [-0.2, 0) is 9.47 Å². The fourth-order valence-corrected chi connectivity index (χ4v) is 1.33. The first kappa shape index (κ1) is 14.8. The Hall–Kier alpha value is -2.22. The Labute approximate surface area is 109 Å². The number of anilines is 1. The molecule has 0 unspecified atom stereocenters. The summed E-state index contributed by atoms with van der Waals surface area (Å²) in [6, 6.07) is 2.46. The van der Waals surface area contributed by atoms with Gasteiger partial charge in [-0.1, -0.05) is 0 Å². The number of nitro groups is 1. The van der Waals surface area contributed by atoms with Crippen LogP contribution in [-0.4, -0.2) is 42.7 Å². The van der Waals surface area contributed by atoms with Crippen molar-refractivity contribution in [3.63, 3.8) is 0 Å². The molecule has 0 saturated heterocycles. The van der Waals surface area contributed by atoms with Crippen LogP contribution < -0.4 is 5.32 Å². The van der Waals surface area contributed by atoms with Crippen LogP contribution in [0.3, 0.4) is 0 Å². The molecular formula is C11H15N3O5. The highest BCUT2D eigenvalue weighted by Crippen LogP contribution is 2.22. The van der Waals surface area contributed by atoms with Gasteiger partial charge in [0, 0.05) is 19.2 Å². The van der Waals surface area contributed by atoms with Crippen LogP contribution >= 0.6 is 0 Å². The lowest BCUT2D eigenvalue weighted by Crippen LogP contribution is -2.14. The number of carbonyl (C=O) groups excluding carboxylic acids is 1. The van der Waals surface area contributed by atoms with Crippen molar-refractivity contribution in [2.45, 2.75) is 6.92 Å². The lowest BCUT2D eigenvalue weighted by molar-refractivity contribution is -0.384. The molecule has 0 aliphatic heterocycles. The number of hydrogen-bond acceptors (Lipinski definition) is 7. The average Bonchev–Trinajstić information content (AvgIpc) is 2.42. The van der Waals surface area contributed by atoms with E-state index in [1.807, 2.05) is 6.92 Å². The predicted molar refractivity (Wildman–Crippen MR) is 67.2 cm³/mol. The number of methoxy groups -OCH3 is 1. The van der Waals surface area contributed by atoms with Gasteiger partial charge in [0.2, 0.25) is 5.82 Å². The van der Waals surface area contributed by atoms with Gasteiger partial charge in [0.1, 0.15) is 0 Å². The van der Waals surface area contributed by atoms with Gasteiger partial charge in [-0.05, 0) is 13.0 Å². The van der Waals surface area contributed by atoms with Crippen molar-refractivity contribution in [3.8, 4) is 0 Å². The fraction of sp³-hybridized carbons (Fsp3) is 0.455. The van der Waals surface area contributed by atoms with Crippen molar-refractivity contribution >= 4 is 17.5 Å². The third kappa shape index (κ3) is 4.18. The zero-order chi connectivity index (χ0) is 14.3. The molecule has 0 saturated carbocycles. The highest BCUT2D eigenvalue weighted by atomic mass is 16.6. The number of esters is 1. The quantitative estimate of drug-likeness (QED) is 0.343. The maximum atomic E-state index is 11.3. The fourth-order valence-electron chi connectivity index (χ4n) is 1.33. The molecule has 19 heavy (non-hydrogen) atoms. The number of nitrogens with zero attached hydrogens (tertiary/aromatic N) is 2. The van der Waals surface area contributed by atoms with E-state index in [9.17, 15) is 14.9 Å². The zero-order valence-corrected chi connectivity index (χ0v) is 10.7. The third-order valence-electron chi connectivity index (χ3n) is 2.21. The second-order valence-electron chi connectivity index (χ2n) is 3.44. The van der Waals surface area contributed by atoms with E-state index in [-0.39, 0.29) is 17.2 Å². The van der Waals surface area contributed by atoms with Crippen molar-refractivity contribution in [2.24, 2.45) is 0 Å². The van der Waals surface area contributed by atoms with Gasteiger partial charge in [0.15, 0.2) is 5.69 Å². The Bertz CT molecular complexity index is 464. The molecule has 1 aromatic heterocycles. The maximum Gasteiger partial charge on any atom is 0.356 e. The Morgan fingerprint density at radius 2 is 2.26 bits per heavy atom. The van der Waals surface area contributed by atoms with Gasteiger partial charge in [-0.25, -0.2) is 9.78 Å². The summed E-state index contributed by atoms with van der Waals surface area (Å²) in [6.07, 6.45) is 0. The van der Waals surface area contributed by atoms with E-state index in [1.54, 1.807) is 0 Å². The van der Waals surface area contributed by atoms with E-state index in [4.69, 9.17) is 4.74 Å². The van der Waals surface area contributed by atoms with Gasteiger partial charge in [0.05, 0.1) is 18.6 Å². The molecular weight excluding hydrogens is 254 g/mol. The van der Waals surface area contributed by atoms with E-state index >= 15 is 0 Å². The molecule has 0 spiro atoms. The first-order chi connectivity index (χ1) is 9.10. The van der Waals surface area contributed by atoms with Crippen molar-refractivity contribution in [2.75, 3.05) is 32.2 Å². The number of aromatic nitrogens is 1. The van der Waals surface area contributed by atoms with Crippen LogP contribution in [0.5, 0.6) is 0 Å². The molecule has 1 rings (SSSR count). The first-order valence-electron chi connectivity index (χ1n) is 5.65. The van der Waals surface area contributed by atoms with Gasteiger partial charge in [0.25, 0.3) is 0 Å². The van der Waals surface area contributed by atoms with E-state index in [2.05, 4.69) is 15.0 Å². The van der Waals surface area contributed by atoms with Crippen molar-refractivity contribution < 1.29 is 19.2 Å². The van der Waals surface area contributed by atoms with Crippen molar-refractivity contribution in [3.05, 3.63) is 27.9 Å². The molecule has 0 amide bonds. The Kier molecular flexibility index (Phi) is 5.68. The standard InChI is InChI=1S/C11H15N3O5/c1-3-19-7-6-12-10-9(14(16)17)5-4-8(13-10)11(15)18-2/h4-5H,3,6-7H2,1-2H3,(H,12,13). The Balaban J connectivity index is 2.89. The molecule has 1 N–H and O–H groups in total. The molecule has 8 heteroatoms. The summed E-state index contributed by atoms with van der Waals surface area (Å²) in [5, 5.41) is 13.6. The SMILES string of the molecule is CCOCCNc1nc(C(=O)OC)ccc1[N+](=O)[O-]. The van der Waals surface area contributed by atoms with Gasteiger partial charge in [-0.3, -0.25) is 10.1 Å². The zero-order valence-electron chi connectivity index (χ0n) is 10.7. The molecule has 0 fully saturated rings. The van der Waals surface area contributed by atoms with Crippen molar-refractivity contribution in [1.29, 1.82) is 0 Å². The Morgan fingerprint density at radius 3 is 2.84 bits per heavy atom. The van der Waals surface area contributed by atoms with Gasteiger partial charge in [-0.2, -0.15) is 0 Å². The summed E-state index contributed by atoms with van der Waals surface area (Å²) in [5.74, 6) is -0.629. The molecule has 8 nitrogen and oxygen atoms in total. The van der Waals surface area contributed by atoms with Gasteiger partial charge >= 0.3 is 11.7 Å². The summed E-state index contributed by atoms with van der Waals surface area (Å²) in [4.78, 5) is 25.5. The molecule has 0 atom stereocenters. The lowest BCUT2D eigenvalue weighted by Gasteiger charge is -2.07. The highest BCUT2D eigenvalue weighted by Gasteiger charge is 2.18. The lowest BCUT2D eigenvalue weighted by atomic mass is 10.3. The summed E-state index contributed by atoms with van der Waals surface area (Å²) in [7, 11) is 1.22. The van der Waals surface area contributed by atoms with Gasteiger partial charge < -0.3 is 14.8 Å². The molecule has 1 aromatic rings. The van der Waals surface area contributed by atoms with E-state index in [1.165, 1.54) is 19.2 Å². The summed E-state index contributed by atoms with van der Waals surface area (Å²) >= 11 is 0. The number of nitrogens with one attached hydrogen (secondary N) is 1. The van der Waals surface area contributed by atoms with Gasteiger partial charge in [-0.15, -0.1) is 0 Å². The van der Waals surface area contributed by atoms with Crippen LogP contribution in [0.2, 0.25) is 0 Å². The second-order valence-corrected chi connectivity index (χ2v) is 3.44. The summed E-state index contributed by atoms with van der Waals surface area (Å²) < 4.78 is 9.61. The number of ether oxygens (including phenoxy) is 2. The molecule has 0 aliphatic carbocycles. The number of pyridine rings is 1. The summed E-state index contributed by atoms with van der Waals surface area (Å²) in [6.45, 7) is 3.14. The minimum Gasteiger partial charge on any atom is -0.464 e. The van der Waals surface area contributed by atoms with Crippen LogP contribution in [0.1, 0.15) is 17.4 Å². The minimum atomic E-state index is -0.650. The molecule has 0 bridgehead atoms. The number of rotatable bonds is 7. The summed E-state index contributed by atoms with van der Waals surface area (Å²) in [5.41, 5.74) is -0.198. The third-order valence-corrected chi connectivity index (χ3v) is 2.21. The van der Waals surface area contributed by atoms with E-state index in [0.29, 0.717) is 19.8 Å². The normalized spacial score (nSPS) is 10.0. The Morgan fingerprint density at radius 1 is 1.53 bits per heavy atom. The first-order valence-corrected chi connectivity index (χ1v) is 5.65. The van der Waals surface area contributed by atoms with Crippen LogP contribution in [0.4, 0.5) is 11.5 Å². The van der Waals surface area contributed by atoms with Crippen LogP contribution in [0, 0.1) is 10.1 Å². The molecule has 1 heterocycles. The number of hydrogen-bond donors (Lipinski definition) is 1. The van der Waals surface area contributed by atoms with Crippen LogP contribution in [0.15, 0.2) is 12.1 Å². The minimum absolute atomic E-state index is 0.00649. The van der Waals surface area contributed by atoms with E-state index in [0.717, 1.165) is 0 Å². The topological polar surface area (TPSA) is 104 Å². The van der Waals surface area contributed by atoms with E-state index < -0.39 is 10.9 Å². The number of carbonyl (C=O) groups is 1.